The predicted octanol–water partition coefficient (Wildman–Crippen LogP) is 4.77. The molecule has 6 atom stereocenters. The van der Waals surface area contributed by atoms with E-state index in [-0.39, 0.29) is 40.1 Å². The number of carbonyl (C=O) groups excluding carboxylic acids is 3. The minimum absolute atomic E-state index is 0.111. The van der Waals surface area contributed by atoms with Gasteiger partial charge in [0.25, 0.3) is 5.91 Å². The molecule has 7 rings (SSSR count). The Labute approximate surface area is 274 Å². The summed E-state index contributed by atoms with van der Waals surface area (Å²) in [5, 5.41) is 13.6. The van der Waals surface area contributed by atoms with E-state index in [0.29, 0.717) is 35.9 Å². The molecule has 47 heavy (non-hydrogen) atoms. The van der Waals surface area contributed by atoms with Gasteiger partial charge in [-0.05, 0) is 79.3 Å². The van der Waals surface area contributed by atoms with Gasteiger partial charge in [0.2, 0.25) is 17.7 Å². The normalized spacial score (nSPS) is 27.6. The Hall–Kier alpha value is -3.69. The number of nitrogens with one attached hydrogen (secondary N) is 1. The molecule has 3 N–H and O–H groups in total. The van der Waals surface area contributed by atoms with Crippen molar-refractivity contribution >= 4 is 46.7 Å². The lowest BCUT2D eigenvalue weighted by Crippen LogP contribution is -2.57. The molecule has 1 spiro atoms. The van der Waals surface area contributed by atoms with E-state index < -0.39 is 37.0 Å². The Morgan fingerprint density at radius 2 is 1.94 bits per heavy atom. The Morgan fingerprint density at radius 1 is 1.15 bits per heavy atom. The second-order valence-electron chi connectivity index (χ2n) is 13.2. The summed E-state index contributed by atoms with van der Waals surface area (Å²) in [5.74, 6) is -3.87. The molecule has 3 saturated heterocycles. The summed E-state index contributed by atoms with van der Waals surface area (Å²) < 4.78 is 26.4. The number of alkyl halides is 1. The lowest BCUT2D eigenvalue weighted by atomic mass is 9.85. The second-order valence-corrected chi connectivity index (χ2v) is 15.9. The minimum Gasteiger partial charge on any atom is -0.340 e. The lowest BCUT2D eigenvalue weighted by molar-refractivity contribution is -0.148. The molecule has 3 amide bonds. The van der Waals surface area contributed by atoms with Gasteiger partial charge in [-0.3, -0.25) is 23.9 Å². The Kier molecular flexibility index (Phi) is 8.20. The molecular formula is C33H35FN5O6PS. The van der Waals surface area contributed by atoms with Crippen LogP contribution in [-0.4, -0.2) is 72.5 Å². The van der Waals surface area contributed by atoms with Crippen molar-refractivity contribution in [3.8, 4) is 6.07 Å². The molecule has 2 aromatic heterocycles. The predicted molar refractivity (Wildman–Crippen MR) is 171 cm³/mol. The number of nitrogens with zero attached hydrogens (tertiary/aromatic N) is 4. The molecule has 0 radical (unpaired) electrons. The van der Waals surface area contributed by atoms with Crippen molar-refractivity contribution in [2.45, 2.75) is 86.9 Å². The van der Waals surface area contributed by atoms with Gasteiger partial charge in [0.05, 0.1) is 22.4 Å². The summed E-state index contributed by atoms with van der Waals surface area (Å²) in [6, 6.07) is 10.3. The number of benzene rings is 1. The van der Waals surface area contributed by atoms with Crippen molar-refractivity contribution in [2.75, 3.05) is 6.54 Å². The average molecular weight is 680 g/mol. The number of amides is 3. The van der Waals surface area contributed by atoms with Crippen LogP contribution in [0.1, 0.15) is 84.0 Å². The first-order valence-corrected chi connectivity index (χ1v) is 18.5. The van der Waals surface area contributed by atoms with Gasteiger partial charge in [-0.1, -0.05) is 25.0 Å². The highest BCUT2D eigenvalue weighted by molar-refractivity contribution is 7.51. The van der Waals surface area contributed by atoms with E-state index in [9.17, 15) is 38.4 Å². The molecular weight excluding hydrogens is 644 g/mol. The van der Waals surface area contributed by atoms with Gasteiger partial charge in [-0.25, -0.2) is 4.39 Å². The van der Waals surface area contributed by atoms with Crippen molar-refractivity contribution in [2.24, 2.45) is 5.92 Å². The zero-order chi connectivity index (χ0) is 33.1. The van der Waals surface area contributed by atoms with Crippen molar-refractivity contribution in [1.82, 2.24) is 20.1 Å². The van der Waals surface area contributed by atoms with Gasteiger partial charge in [-0.15, -0.1) is 11.3 Å². The van der Waals surface area contributed by atoms with Crippen LogP contribution in [0.4, 0.5) is 4.39 Å². The fourth-order valence-corrected chi connectivity index (χ4v) is 9.48. The largest absolute Gasteiger partial charge is 0.363 e. The number of hydrogen-bond acceptors (Lipinski definition) is 7. The first-order chi connectivity index (χ1) is 22.5. The number of pyridine rings is 1. The van der Waals surface area contributed by atoms with Crippen LogP contribution in [0.25, 0.3) is 10.1 Å². The molecule has 1 saturated carbocycles. The molecule has 3 aromatic rings. The SMILES string of the molecule is N#C[C@@H]1[C@@H](c2cccnc2)CN(C(=O)[C@@H]2CC[C@@H]3CCCC[C@H](NC(=O)c4cc5cc([C@H](F)P(=O)(O)O)ccc5s4)C(=O)N32)C12CC2. The fraction of sp³-hybridized carbons (Fsp3) is 0.485. The topological polar surface area (TPSA) is 164 Å². The molecule has 0 bridgehead atoms. The summed E-state index contributed by atoms with van der Waals surface area (Å²) in [4.78, 5) is 68.6. The van der Waals surface area contributed by atoms with E-state index in [1.165, 1.54) is 24.3 Å². The van der Waals surface area contributed by atoms with Gasteiger partial charge >= 0.3 is 7.60 Å². The van der Waals surface area contributed by atoms with E-state index in [1.54, 1.807) is 17.3 Å². The van der Waals surface area contributed by atoms with E-state index in [2.05, 4.69) is 16.4 Å². The van der Waals surface area contributed by atoms with Gasteiger partial charge in [-0.2, -0.15) is 5.26 Å². The zero-order valence-corrected chi connectivity index (χ0v) is 27.2. The Balaban J connectivity index is 1.11. The smallest absolute Gasteiger partial charge is 0.340 e. The first kappa shape index (κ1) is 31.9. The molecule has 1 aliphatic carbocycles. The number of aromatic nitrogens is 1. The van der Waals surface area contributed by atoms with E-state index >= 15 is 0 Å². The van der Waals surface area contributed by atoms with Crippen molar-refractivity contribution < 1.29 is 33.1 Å². The molecule has 5 heterocycles. The van der Waals surface area contributed by atoms with Crippen molar-refractivity contribution in [3.05, 3.63) is 64.8 Å². The molecule has 3 aliphatic heterocycles. The van der Waals surface area contributed by atoms with Crippen LogP contribution in [-0.2, 0) is 14.2 Å². The monoisotopic (exact) mass is 679 g/mol. The van der Waals surface area contributed by atoms with Crippen LogP contribution in [0.3, 0.4) is 0 Å². The molecule has 1 aromatic carbocycles. The van der Waals surface area contributed by atoms with Crippen LogP contribution in [0.5, 0.6) is 0 Å². The van der Waals surface area contributed by atoms with Crippen molar-refractivity contribution in [1.29, 1.82) is 5.26 Å². The van der Waals surface area contributed by atoms with Crippen LogP contribution in [0.15, 0.2) is 48.8 Å². The summed E-state index contributed by atoms with van der Waals surface area (Å²) >= 11 is 1.14. The quantitative estimate of drug-likeness (QED) is 0.314. The Bertz CT molecular complexity index is 1820. The molecule has 0 unspecified atom stereocenters. The number of halogens is 1. The summed E-state index contributed by atoms with van der Waals surface area (Å²) in [5.41, 5.74) is 0.220. The van der Waals surface area contributed by atoms with E-state index in [4.69, 9.17) is 0 Å². The average Bonchev–Trinajstić information content (AvgIpc) is 3.40. The number of hydrogen-bond donors (Lipinski definition) is 3. The van der Waals surface area contributed by atoms with Crippen LogP contribution < -0.4 is 5.32 Å². The van der Waals surface area contributed by atoms with Gasteiger partial charge < -0.3 is 24.9 Å². The maximum Gasteiger partial charge on any atom is 0.363 e. The fourth-order valence-electron chi connectivity index (χ4n) is 7.98. The summed E-state index contributed by atoms with van der Waals surface area (Å²) in [7, 11) is -4.99. The van der Waals surface area contributed by atoms with Crippen molar-refractivity contribution in [3.63, 3.8) is 0 Å². The third-order valence-corrected chi connectivity index (χ3v) is 12.4. The van der Waals surface area contributed by atoms with Gasteiger partial charge in [0.1, 0.15) is 12.1 Å². The van der Waals surface area contributed by atoms with E-state index in [0.717, 1.165) is 49.0 Å². The maximum atomic E-state index is 14.4. The molecule has 11 nitrogen and oxygen atoms in total. The number of thiophene rings is 1. The highest BCUT2D eigenvalue weighted by atomic mass is 32.1. The highest BCUT2D eigenvalue weighted by Crippen LogP contribution is 2.58. The van der Waals surface area contributed by atoms with Crippen LogP contribution >= 0.6 is 18.9 Å². The number of rotatable bonds is 6. The molecule has 14 heteroatoms. The van der Waals surface area contributed by atoms with Gasteiger partial charge in [0, 0.05) is 35.6 Å². The summed E-state index contributed by atoms with van der Waals surface area (Å²) in [6.07, 6.45) is 8.95. The molecule has 4 aliphatic rings. The summed E-state index contributed by atoms with van der Waals surface area (Å²) in [6.45, 7) is 0.400. The van der Waals surface area contributed by atoms with Crippen LogP contribution in [0, 0.1) is 17.2 Å². The van der Waals surface area contributed by atoms with Crippen LogP contribution in [0.2, 0.25) is 0 Å². The highest BCUT2D eigenvalue weighted by Gasteiger charge is 2.64. The Morgan fingerprint density at radius 3 is 2.64 bits per heavy atom. The number of nitriles is 1. The van der Waals surface area contributed by atoms with E-state index in [1.807, 2.05) is 17.0 Å². The molecule has 246 valence electrons. The number of carbonyl (C=O) groups is 3. The zero-order valence-electron chi connectivity index (χ0n) is 25.5. The second kappa shape index (κ2) is 12.1. The minimum atomic E-state index is -4.99. The first-order valence-electron chi connectivity index (χ1n) is 16.0. The molecule has 4 fully saturated rings. The number of likely N-dealkylation sites (tertiary alicyclic amines) is 1. The maximum absolute atomic E-state index is 14.4. The standard InChI is InChI=1S/C33H35FN5O6PS/c34-29(46(43,44)45)19-7-10-27-21(14-19)15-28(47-27)30(40)37-25-6-2-1-5-22-8-9-26(39(22)31(25)41)32(42)38-18-23(20-4-3-13-36-17-20)24(16-35)33(38)11-12-33/h3-4,7,10,13-15,17,22-26,29H,1-2,5-6,8-9,11-12,18H2,(H,37,40)(H2,43,44,45)/t22-,23+,24+,25-,26-,29+/m0/s1. The lowest BCUT2D eigenvalue weighted by Gasteiger charge is -2.37. The third kappa shape index (κ3) is 5.65. The number of fused-ring (bicyclic) bond motifs is 2. The third-order valence-electron chi connectivity index (χ3n) is 10.4. The van der Waals surface area contributed by atoms with Gasteiger partial charge in [0.15, 0.2) is 0 Å².